The average molecular weight is 383 g/mol. The second-order valence-corrected chi connectivity index (χ2v) is 8.59. The van der Waals surface area contributed by atoms with Crippen LogP contribution in [0.4, 0.5) is 0 Å². The zero-order valence-electron chi connectivity index (χ0n) is 16.8. The number of likely N-dealkylation sites (tertiary alicyclic amines) is 2. The predicted molar refractivity (Wildman–Crippen MR) is 104 cm³/mol. The molecular weight excluding hydrogens is 354 g/mol. The minimum Gasteiger partial charge on any atom is -0.338 e. The lowest BCUT2D eigenvalue weighted by molar-refractivity contribution is -0.140. The van der Waals surface area contributed by atoms with Gasteiger partial charge in [0.05, 0.1) is 18.8 Å². The normalized spacial score (nSPS) is 23.7. The van der Waals surface area contributed by atoms with Gasteiger partial charge in [0, 0.05) is 37.0 Å². The monoisotopic (exact) mass is 383 g/mol. The zero-order chi connectivity index (χ0) is 19.6. The first kappa shape index (κ1) is 19.1. The first-order valence-corrected chi connectivity index (χ1v) is 10.3. The molecule has 7 heteroatoms. The molecule has 0 unspecified atom stereocenters. The number of aromatic nitrogens is 3. The SMILES string of the molecule is CC(C)c1noc(CN2CCC[C@@]3(CCC(=O)N(Cc4ccccn4)C3)C2)n1. The molecule has 1 amide bonds. The second-order valence-electron chi connectivity index (χ2n) is 8.59. The van der Waals surface area contributed by atoms with E-state index in [0.717, 1.165) is 50.4 Å². The number of nitrogens with zero attached hydrogens (tertiary/aromatic N) is 5. The number of carbonyl (C=O) groups is 1. The Balaban J connectivity index is 1.42. The van der Waals surface area contributed by atoms with Gasteiger partial charge in [-0.3, -0.25) is 14.7 Å². The molecule has 2 aliphatic rings. The molecule has 0 aliphatic carbocycles. The summed E-state index contributed by atoms with van der Waals surface area (Å²) in [6, 6.07) is 5.87. The topological polar surface area (TPSA) is 75.4 Å². The highest BCUT2D eigenvalue weighted by molar-refractivity contribution is 5.77. The first-order valence-electron chi connectivity index (χ1n) is 10.3. The van der Waals surface area contributed by atoms with Crippen LogP contribution in [0.5, 0.6) is 0 Å². The summed E-state index contributed by atoms with van der Waals surface area (Å²) in [5, 5.41) is 4.08. The summed E-state index contributed by atoms with van der Waals surface area (Å²) in [5.74, 6) is 1.98. The summed E-state index contributed by atoms with van der Waals surface area (Å²) in [5.41, 5.74) is 1.11. The summed E-state index contributed by atoms with van der Waals surface area (Å²) < 4.78 is 5.45. The summed E-state index contributed by atoms with van der Waals surface area (Å²) >= 11 is 0. The maximum Gasteiger partial charge on any atom is 0.240 e. The van der Waals surface area contributed by atoms with Gasteiger partial charge in [-0.05, 0) is 37.9 Å². The lowest BCUT2D eigenvalue weighted by atomic mass is 9.73. The smallest absolute Gasteiger partial charge is 0.240 e. The number of hydrogen-bond acceptors (Lipinski definition) is 6. The highest BCUT2D eigenvalue weighted by Gasteiger charge is 2.42. The first-order chi connectivity index (χ1) is 13.5. The molecule has 4 heterocycles. The van der Waals surface area contributed by atoms with Crippen LogP contribution < -0.4 is 0 Å². The number of carbonyl (C=O) groups excluding carboxylic acids is 1. The minimum absolute atomic E-state index is 0.155. The van der Waals surface area contributed by atoms with Gasteiger partial charge in [-0.2, -0.15) is 4.98 Å². The van der Waals surface area contributed by atoms with Gasteiger partial charge < -0.3 is 9.42 Å². The van der Waals surface area contributed by atoms with Crippen LogP contribution >= 0.6 is 0 Å². The molecule has 2 saturated heterocycles. The highest BCUT2D eigenvalue weighted by atomic mass is 16.5. The van der Waals surface area contributed by atoms with Crippen LogP contribution in [-0.4, -0.2) is 50.5 Å². The summed E-state index contributed by atoms with van der Waals surface area (Å²) in [6.07, 6.45) is 5.67. The number of rotatable bonds is 5. The number of piperidine rings is 2. The van der Waals surface area contributed by atoms with Crippen molar-refractivity contribution in [2.24, 2.45) is 5.41 Å². The van der Waals surface area contributed by atoms with Crippen LogP contribution in [-0.2, 0) is 17.9 Å². The third-order valence-corrected chi connectivity index (χ3v) is 5.93. The van der Waals surface area contributed by atoms with Crippen molar-refractivity contribution in [1.29, 1.82) is 0 Å². The van der Waals surface area contributed by atoms with E-state index in [-0.39, 0.29) is 17.2 Å². The van der Waals surface area contributed by atoms with Crippen molar-refractivity contribution in [2.75, 3.05) is 19.6 Å². The second kappa shape index (κ2) is 7.99. The van der Waals surface area contributed by atoms with Crippen molar-refractivity contribution >= 4 is 5.91 Å². The molecule has 0 bridgehead atoms. The van der Waals surface area contributed by atoms with Gasteiger partial charge in [-0.25, -0.2) is 0 Å². The molecule has 0 N–H and O–H groups in total. The standard InChI is InChI=1S/C21H29N5O2/c1-16(2)20-23-18(28-24-20)13-25-11-5-8-21(14-25)9-7-19(27)26(15-21)12-17-6-3-4-10-22-17/h3-4,6,10,16H,5,7-9,11-15H2,1-2H3/t21-/m1/s1. The Labute approximate surface area is 166 Å². The Morgan fingerprint density at radius 3 is 2.86 bits per heavy atom. The quantitative estimate of drug-likeness (QED) is 0.790. The Bertz CT molecular complexity index is 806. The molecule has 2 aromatic rings. The number of hydrogen-bond donors (Lipinski definition) is 0. The van der Waals surface area contributed by atoms with Crippen molar-refractivity contribution in [3.05, 3.63) is 41.8 Å². The van der Waals surface area contributed by atoms with Crippen LogP contribution in [0.1, 0.15) is 62.9 Å². The number of pyridine rings is 1. The molecule has 0 aromatic carbocycles. The Morgan fingerprint density at radius 2 is 2.11 bits per heavy atom. The van der Waals surface area contributed by atoms with Crippen molar-refractivity contribution in [3.63, 3.8) is 0 Å². The molecule has 0 saturated carbocycles. The maximum atomic E-state index is 12.5. The average Bonchev–Trinajstić information content (AvgIpc) is 3.15. The Morgan fingerprint density at radius 1 is 1.21 bits per heavy atom. The van der Waals surface area contributed by atoms with Crippen molar-refractivity contribution < 1.29 is 9.32 Å². The Kier molecular flexibility index (Phi) is 5.44. The van der Waals surface area contributed by atoms with Crippen molar-refractivity contribution in [3.8, 4) is 0 Å². The van der Waals surface area contributed by atoms with E-state index in [0.29, 0.717) is 25.4 Å². The van der Waals surface area contributed by atoms with Gasteiger partial charge >= 0.3 is 0 Å². The molecule has 28 heavy (non-hydrogen) atoms. The summed E-state index contributed by atoms with van der Waals surface area (Å²) in [6.45, 7) is 8.24. The van der Waals surface area contributed by atoms with E-state index in [2.05, 4.69) is 33.9 Å². The fourth-order valence-corrected chi connectivity index (χ4v) is 4.47. The third kappa shape index (κ3) is 4.24. The van der Waals surface area contributed by atoms with E-state index in [4.69, 9.17) is 4.52 Å². The van der Waals surface area contributed by atoms with Gasteiger partial charge in [-0.15, -0.1) is 0 Å². The van der Waals surface area contributed by atoms with Gasteiger partial charge in [0.15, 0.2) is 5.82 Å². The van der Waals surface area contributed by atoms with Gasteiger partial charge in [0.1, 0.15) is 0 Å². The minimum atomic E-state index is 0.155. The third-order valence-electron chi connectivity index (χ3n) is 5.93. The van der Waals surface area contributed by atoms with E-state index in [1.807, 2.05) is 23.1 Å². The Hall–Kier alpha value is -2.28. The lowest BCUT2D eigenvalue weighted by Crippen LogP contribution is -2.53. The fourth-order valence-electron chi connectivity index (χ4n) is 4.47. The van der Waals surface area contributed by atoms with E-state index in [9.17, 15) is 4.79 Å². The zero-order valence-corrected chi connectivity index (χ0v) is 16.8. The van der Waals surface area contributed by atoms with E-state index in [1.54, 1.807) is 6.20 Å². The maximum absolute atomic E-state index is 12.5. The molecule has 1 atom stereocenters. The predicted octanol–water partition coefficient (Wildman–Crippen LogP) is 2.99. The molecule has 0 radical (unpaired) electrons. The van der Waals surface area contributed by atoms with Gasteiger partial charge in [-0.1, -0.05) is 25.1 Å². The van der Waals surface area contributed by atoms with Crippen LogP contribution in [0.15, 0.2) is 28.9 Å². The molecule has 2 aromatic heterocycles. The molecule has 2 aliphatic heterocycles. The summed E-state index contributed by atoms with van der Waals surface area (Å²) in [4.78, 5) is 25.9. The number of amides is 1. The molecule has 7 nitrogen and oxygen atoms in total. The van der Waals surface area contributed by atoms with Crippen LogP contribution in [0.3, 0.4) is 0 Å². The largest absolute Gasteiger partial charge is 0.338 e. The molecule has 1 spiro atoms. The van der Waals surface area contributed by atoms with Crippen molar-refractivity contribution in [2.45, 2.75) is 58.5 Å². The molecule has 150 valence electrons. The summed E-state index contributed by atoms with van der Waals surface area (Å²) in [7, 11) is 0. The van der Waals surface area contributed by atoms with Gasteiger partial charge in [0.2, 0.25) is 11.8 Å². The van der Waals surface area contributed by atoms with E-state index < -0.39 is 0 Å². The molecule has 4 rings (SSSR count). The molecular formula is C21H29N5O2. The van der Waals surface area contributed by atoms with Crippen LogP contribution in [0.25, 0.3) is 0 Å². The lowest BCUT2D eigenvalue weighted by Gasteiger charge is -2.48. The molecule has 2 fully saturated rings. The fraction of sp³-hybridized carbons (Fsp3) is 0.619. The van der Waals surface area contributed by atoms with Crippen LogP contribution in [0, 0.1) is 5.41 Å². The van der Waals surface area contributed by atoms with Crippen molar-refractivity contribution in [1.82, 2.24) is 24.9 Å². The van der Waals surface area contributed by atoms with Crippen LogP contribution in [0.2, 0.25) is 0 Å². The van der Waals surface area contributed by atoms with E-state index in [1.165, 1.54) is 0 Å². The van der Waals surface area contributed by atoms with E-state index >= 15 is 0 Å². The van der Waals surface area contributed by atoms with Gasteiger partial charge in [0.25, 0.3) is 0 Å². The highest BCUT2D eigenvalue weighted by Crippen LogP contribution is 2.39.